The summed E-state index contributed by atoms with van der Waals surface area (Å²) < 4.78 is 7.25. The molecule has 2 aromatic rings. The molecule has 1 aliphatic rings. The maximum atomic E-state index is 12.8. The summed E-state index contributed by atoms with van der Waals surface area (Å²) in [7, 11) is 1.69. The first-order chi connectivity index (χ1) is 11.5. The maximum Gasteiger partial charge on any atom is 0.227 e. The molecule has 3 heterocycles. The Hall–Kier alpha value is -2.41. The van der Waals surface area contributed by atoms with Gasteiger partial charge in [0.05, 0.1) is 25.1 Å². The molecule has 1 aliphatic heterocycles. The van der Waals surface area contributed by atoms with Gasteiger partial charge in [-0.3, -0.25) is 14.5 Å². The molecule has 1 saturated heterocycles. The number of carbonyl (C=O) groups is 1. The second-order valence-electron chi connectivity index (χ2n) is 6.24. The molecule has 2 atom stereocenters. The van der Waals surface area contributed by atoms with E-state index in [1.165, 1.54) is 0 Å². The van der Waals surface area contributed by atoms with Gasteiger partial charge in [-0.25, -0.2) is 0 Å². The topological polar surface area (TPSA) is 86.3 Å². The maximum absolute atomic E-state index is 12.8. The molecule has 128 valence electrons. The standard InChI is InChI=1S/C17H23N5O2/c1-12-3-4-13(9-19-12)7-17(23)22-11-15(24-2)8-14(22)10-21-6-5-16(18)20-21/h3-6,9,14-15H,7-8,10-11H2,1-2H3,(H2,18,20)/t14-,15-/m0/s1. The van der Waals surface area contributed by atoms with Crippen LogP contribution in [-0.2, 0) is 22.5 Å². The number of aromatic nitrogens is 3. The molecule has 7 heteroatoms. The number of nitrogen functional groups attached to an aromatic ring is 1. The van der Waals surface area contributed by atoms with E-state index in [1.54, 1.807) is 24.1 Å². The summed E-state index contributed by atoms with van der Waals surface area (Å²) in [6, 6.07) is 5.69. The number of ether oxygens (including phenoxy) is 1. The van der Waals surface area contributed by atoms with E-state index in [9.17, 15) is 4.79 Å². The monoisotopic (exact) mass is 329 g/mol. The average Bonchev–Trinajstić information content (AvgIpc) is 3.16. The molecule has 3 rings (SSSR count). The van der Waals surface area contributed by atoms with Gasteiger partial charge in [0.15, 0.2) is 0 Å². The van der Waals surface area contributed by atoms with Gasteiger partial charge in [-0.05, 0) is 31.0 Å². The van der Waals surface area contributed by atoms with Gasteiger partial charge < -0.3 is 15.4 Å². The van der Waals surface area contributed by atoms with E-state index in [1.807, 2.05) is 30.2 Å². The number of hydrogen-bond acceptors (Lipinski definition) is 5. The van der Waals surface area contributed by atoms with Crippen molar-refractivity contribution < 1.29 is 9.53 Å². The van der Waals surface area contributed by atoms with Crippen LogP contribution in [0.2, 0.25) is 0 Å². The molecular formula is C17H23N5O2. The van der Waals surface area contributed by atoms with Crippen LogP contribution in [0.15, 0.2) is 30.6 Å². The summed E-state index contributed by atoms with van der Waals surface area (Å²) in [6.07, 6.45) is 4.81. The van der Waals surface area contributed by atoms with Crippen molar-refractivity contribution >= 4 is 11.7 Å². The van der Waals surface area contributed by atoms with Crippen LogP contribution in [-0.4, -0.2) is 51.4 Å². The van der Waals surface area contributed by atoms with E-state index < -0.39 is 0 Å². The van der Waals surface area contributed by atoms with Crippen molar-refractivity contribution in [2.24, 2.45) is 0 Å². The first-order valence-corrected chi connectivity index (χ1v) is 8.08. The van der Waals surface area contributed by atoms with Gasteiger partial charge in [0.25, 0.3) is 0 Å². The van der Waals surface area contributed by atoms with Gasteiger partial charge in [-0.2, -0.15) is 5.10 Å². The van der Waals surface area contributed by atoms with Crippen LogP contribution in [0.1, 0.15) is 17.7 Å². The summed E-state index contributed by atoms with van der Waals surface area (Å²) in [5, 5.41) is 4.22. The summed E-state index contributed by atoms with van der Waals surface area (Å²) in [5.41, 5.74) is 7.54. The van der Waals surface area contributed by atoms with E-state index >= 15 is 0 Å². The zero-order chi connectivity index (χ0) is 17.1. The van der Waals surface area contributed by atoms with E-state index in [-0.39, 0.29) is 18.1 Å². The summed E-state index contributed by atoms with van der Waals surface area (Å²) in [4.78, 5) is 18.9. The highest BCUT2D eigenvalue weighted by Gasteiger charge is 2.35. The first kappa shape index (κ1) is 16.4. The number of likely N-dealkylation sites (tertiary alicyclic amines) is 1. The number of amides is 1. The van der Waals surface area contributed by atoms with Crippen LogP contribution < -0.4 is 5.73 Å². The lowest BCUT2D eigenvalue weighted by atomic mass is 10.1. The van der Waals surface area contributed by atoms with Gasteiger partial charge >= 0.3 is 0 Å². The molecule has 24 heavy (non-hydrogen) atoms. The zero-order valence-corrected chi connectivity index (χ0v) is 14.1. The summed E-state index contributed by atoms with van der Waals surface area (Å²) >= 11 is 0. The van der Waals surface area contributed by atoms with Crippen LogP contribution in [0, 0.1) is 6.92 Å². The number of hydrogen-bond donors (Lipinski definition) is 1. The number of anilines is 1. The number of carbonyl (C=O) groups excluding carboxylic acids is 1. The molecular weight excluding hydrogens is 306 g/mol. The second-order valence-corrected chi connectivity index (χ2v) is 6.24. The van der Waals surface area contributed by atoms with Gasteiger partial charge in [-0.1, -0.05) is 6.07 Å². The minimum atomic E-state index is 0.0557. The smallest absolute Gasteiger partial charge is 0.227 e. The zero-order valence-electron chi connectivity index (χ0n) is 14.1. The van der Waals surface area contributed by atoms with Gasteiger partial charge in [-0.15, -0.1) is 0 Å². The van der Waals surface area contributed by atoms with Crippen LogP contribution in [0.4, 0.5) is 5.82 Å². The lowest BCUT2D eigenvalue weighted by Crippen LogP contribution is -2.39. The third kappa shape index (κ3) is 3.73. The number of nitrogens with zero attached hydrogens (tertiary/aromatic N) is 4. The van der Waals surface area contributed by atoms with E-state index in [2.05, 4.69) is 10.1 Å². The molecule has 0 aliphatic carbocycles. The first-order valence-electron chi connectivity index (χ1n) is 8.08. The lowest BCUT2D eigenvalue weighted by molar-refractivity contribution is -0.131. The number of methoxy groups -OCH3 is 1. The Morgan fingerprint density at radius 2 is 2.25 bits per heavy atom. The number of aryl methyl sites for hydroxylation is 1. The number of pyridine rings is 1. The van der Waals surface area contributed by atoms with E-state index in [0.717, 1.165) is 17.7 Å². The predicted octanol–water partition coefficient (Wildman–Crippen LogP) is 1.03. The molecule has 7 nitrogen and oxygen atoms in total. The largest absolute Gasteiger partial charge is 0.382 e. The highest BCUT2D eigenvalue weighted by Crippen LogP contribution is 2.22. The highest BCUT2D eigenvalue weighted by atomic mass is 16.5. The van der Waals surface area contributed by atoms with Gasteiger partial charge in [0.1, 0.15) is 5.82 Å². The molecule has 0 bridgehead atoms. The number of nitrogens with two attached hydrogens (primary N) is 1. The normalized spacial score (nSPS) is 20.5. The fourth-order valence-electron chi connectivity index (χ4n) is 3.10. The molecule has 0 aromatic carbocycles. The molecule has 0 unspecified atom stereocenters. The highest BCUT2D eigenvalue weighted by molar-refractivity contribution is 5.79. The Kier molecular flexibility index (Phi) is 4.80. The van der Waals surface area contributed by atoms with Crippen LogP contribution in [0.5, 0.6) is 0 Å². The SMILES string of the molecule is CO[C@H]1C[C@@H](Cn2ccc(N)n2)N(C(=O)Cc2ccc(C)nc2)C1. The molecule has 0 saturated carbocycles. The van der Waals surface area contributed by atoms with Crippen molar-refractivity contribution in [1.82, 2.24) is 19.7 Å². The molecule has 1 fully saturated rings. The molecule has 0 radical (unpaired) electrons. The molecule has 2 N–H and O–H groups in total. The Labute approximate surface area is 141 Å². The van der Waals surface area contributed by atoms with Gasteiger partial charge in [0.2, 0.25) is 5.91 Å². The van der Waals surface area contributed by atoms with Crippen molar-refractivity contribution in [3.05, 3.63) is 41.9 Å². The molecule has 0 spiro atoms. The Balaban J connectivity index is 1.70. The summed E-state index contributed by atoms with van der Waals surface area (Å²) in [6.45, 7) is 3.16. The minimum absolute atomic E-state index is 0.0557. The van der Waals surface area contributed by atoms with Crippen molar-refractivity contribution in [1.29, 1.82) is 0 Å². The van der Waals surface area contributed by atoms with Gasteiger partial charge in [0, 0.05) is 31.7 Å². The van der Waals surface area contributed by atoms with E-state index in [4.69, 9.17) is 10.5 Å². The average molecular weight is 329 g/mol. The Morgan fingerprint density at radius 3 is 2.88 bits per heavy atom. The quantitative estimate of drug-likeness (QED) is 0.885. The fourth-order valence-corrected chi connectivity index (χ4v) is 3.10. The minimum Gasteiger partial charge on any atom is -0.382 e. The van der Waals surface area contributed by atoms with Crippen molar-refractivity contribution in [3.8, 4) is 0 Å². The Bertz CT molecular complexity index is 697. The fraction of sp³-hybridized carbons (Fsp3) is 0.471. The molecule has 2 aromatic heterocycles. The number of rotatable bonds is 5. The van der Waals surface area contributed by atoms with Crippen molar-refractivity contribution in [3.63, 3.8) is 0 Å². The third-order valence-electron chi connectivity index (χ3n) is 4.42. The van der Waals surface area contributed by atoms with E-state index in [0.29, 0.717) is 25.3 Å². The predicted molar refractivity (Wildman–Crippen MR) is 90.2 cm³/mol. The molecule has 1 amide bonds. The van der Waals surface area contributed by atoms with Crippen LogP contribution >= 0.6 is 0 Å². The van der Waals surface area contributed by atoms with Crippen LogP contribution in [0.25, 0.3) is 0 Å². The van der Waals surface area contributed by atoms with Crippen molar-refractivity contribution in [2.45, 2.75) is 38.5 Å². The third-order valence-corrected chi connectivity index (χ3v) is 4.42. The second kappa shape index (κ2) is 7.00. The Morgan fingerprint density at radius 1 is 1.42 bits per heavy atom. The van der Waals surface area contributed by atoms with Crippen LogP contribution in [0.3, 0.4) is 0 Å². The lowest BCUT2D eigenvalue weighted by Gasteiger charge is -2.24. The van der Waals surface area contributed by atoms with Crippen molar-refractivity contribution in [2.75, 3.05) is 19.4 Å². The summed E-state index contributed by atoms with van der Waals surface area (Å²) in [5.74, 6) is 0.574.